The predicted octanol–water partition coefficient (Wildman–Crippen LogP) is 0.00612. The van der Waals surface area contributed by atoms with E-state index >= 15 is 0 Å². The Kier molecular flexibility index (Phi) is 4.10. The summed E-state index contributed by atoms with van der Waals surface area (Å²) in [6, 6.07) is 6.21. The van der Waals surface area contributed by atoms with Gasteiger partial charge in [0.25, 0.3) is 0 Å². The second-order valence-electron chi connectivity index (χ2n) is 4.69. The van der Waals surface area contributed by atoms with E-state index < -0.39 is 32.9 Å². The van der Waals surface area contributed by atoms with Gasteiger partial charge >= 0.3 is 5.63 Å². The molecule has 1 amide bonds. The first-order valence-electron chi connectivity index (χ1n) is 6.04. The van der Waals surface area contributed by atoms with Gasteiger partial charge in [0, 0.05) is 11.5 Å². The molecule has 0 aliphatic heterocycles. The maximum absolute atomic E-state index is 12.0. The average Bonchev–Trinajstić information content (AvgIpc) is 2.38. The van der Waals surface area contributed by atoms with Crippen molar-refractivity contribution in [3.05, 3.63) is 45.8 Å². The summed E-state index contributed by atoms with van der Waals surface area (Å²) in [5.41, 5.74) is 2.63. The zero-order chi connectivity index (χ0) is 15.6. The zero-order valence-corrected chi connectivity index (χ0v) is 12.1. The van der Waals surface area contributed by atoms with Gasteiger partial charge in [0.05, 0.1) is 5.75 Å². The van der Waals surface area contributed by atoms with Crippen molar-refractivity contribution in [3.8, 4) is 0 Å². The number of carbonyl (C=O) groups excluding carboxylic acids is 1. The van der Waals surface area contributed by atoms with Crippen molar-refractivity contribution in [2.75, 3.05) is 5.75 Å². The maximum Gasteiger partial charge on any atom is 0.336 e. The lowest BCUT2D eigenvalue weighted by Crippen LogP contribution is -2.35. The lowest BCUT2D eigenvalue weighted by Gasteiger charge is -2.07. The van der Waals surface area contributed by atoms with E-state index in [4.69, 9.17) is 10.3 Å². The number of carbonyl (C=O) groups is 1. The number of hydrazine groups is 1. The molecule has 0 unspecified atom stereocenters. The SMILES string of the molecule is Cc1ccc2oc(=O)cc(CS(=O)(=O)CC(=O)NN)c2c1. The highest BCUT2D eigenvalue weighted by Crippen LogP contribution is 2.20. The van der Waals surface area contributed by atoms with Crippen LogP contribution in [0.3, 0.4) is 0 Å². The highest BCUT2D eigenvalue weighted by molar-refractivity contribution is 7.91. The maximum atomic E-state index is 12.0. The van der Waals surface area contributed by atoms with Gasteiger partial charge in [-0.3, -0.25) is 10.2 Å². The molecule has 112 valence electrons. The minimum absolute atomic E-state index is 0.301. The molecule has 3 N–H and O–H groups in total. The van der Waals surface area contributed by atoms with Crippen molar-refractivity contribution in [2.45, 2.75) is 12.7 Å². The standard InChI is InChI=1S/C13H14N2O5S/c1-8-2-3-11-10(4-8)9(5-13(17)20-11)6-21(18,19)7-12(16)15-14/h2-5H,6-7,14H2,1H3,(H,15,16). The molecule has 0 aliphatic rings. The Hall–Kier alpha value is -2.19. The largest absolute Gasteiger partial charge is 0.423 e. The van der Waals surface area contributed by atoms with Gasteiger partial charge in [-0.15, -0.1) is 0 Å². The molecule has 8 heteroatoms. The number of nitrogens with two attached hydrogens (primary N) is 1. The third kappa shape index (κ3) is 3.67. The predicted molar refractivity (Wildman–Crippen MR) is 77.0 cm³/mol. The first kappa shape index (κ1) is 15.2. The Morgan fingerprint density at radius 3 is 2.71 bits per heavy atom. The second kappa shape index (κ2) is 5.66. The van der Waals surface area contributed by atoms with Crippen LogP contribution in [-0.2, 0) is 20.4 Å². The number of aryl methyl sites for hydroxylation is 1. The summed E-state index contributed by atoms with van der Waals surface area (Å²) in [5.74, 6) is 2.89. The summed E-state index contributed by atoms with van der Waals surface area (Å²) >= 11 is 0. The fourth-order valence-corrected chi connectivity index (χ4v) is 3.29. The van der Waals surface area contributed by atoms with Crippen molar-refractivity contribution in [2.24, 2.45) is 5.84 Å². The van der Waals surface area contributed by atoms with Crippen molar-refractivity contribution in [1.82, 2.24) is 5.43 Å². The summed E-state index contributed by atoms with van der Waals surface area (Å²) in [7, 11) is -3.74. The van der Waals surface area contributed by atoms with E-state index in [0.29, 0.717) is 16.5 Å². The third-order valence-electron chi connectivity index (χ3n) is 2.87. The smallest absolute Gasteiger partial charge is 0.336 e. The molecule has 2 rings (SSSR count). The van der Waals surface area contributed by atoms with E-state index in [9.17, 15) is 18.0 Å². The highest BCUT2D eigenvalue weighted by atomic mass is 32.2. The van der Waals surface area contributed by atoms with Crippen molar-refractivity contribution in [3.63, 3.8) is 0 Å². The van der Waals surface area contributed by atoms with Gasteiger partial charge in [-0.1, -0.05) is 11.6 Å². The van der Waals surface area contributed by atoms with Crippen molar-refractivity contribution < 1.29 is 17.6 Å². The van der Waals surface area contributed by atoms with Crippen LogP contribution in [0.5, 0.6) is 0 Å². The molecule has 0 aliphatic carbocycles. The van der Waals surface area contributed by atoms with E-state index in [2.05, 4.69) is 0 Å². The fraction of sp³-hybridized carbons (Fsp3) is 0.231. The summed E-state index contributed by atoms with van der Waals surface area (Å²) in [5, 5.41) is 0.534. The molecule has 0 atom stereocenters. The minimum Gasteiger partial charge on any atom is -0.423 e. The van der Waals surface area contributed by atoms with Crippen LogP contribution < -0.4 is 16.9 Å². The molecule has 1 aromatic heterocycles. The molecule has 0 bridgehead atoms. The van der Waals surface area contributed by atoms with Crippen LogP contribution >= 0.6 is 0 Å². The Balaban J connectivity index is 2.49. The number of fused-ring (bicyclic) bond motifs is 1. The Morgan fingerprint density at radius 2 is 2.05 bits per heavy atom. The van der Waals surface area contributed by atoms with E-state index in [0.717, 1.165) is 11.6 Å². The summed E-state index contributed by atoms with van der Waals surface area (Å²) in [6.45, 7) is 1.84. The van der Waals surface area contributed by atoms with Crippen LogP contribution in [0.1, 0.15) is 11.1 Å². The van der Waals surface area contributed by atoms with E-state index in [-0.39, 0.29) is 0 Å². The number of hydrogen-bond donors (Lipinski definition) is 2. The molecule has 1 aromatic carbocycles. The molecule has 7 nitrogen and oxygen atoms in total. The lowest BCUT2D eigenvalue weighted by molar-refractivity contribution is -0.118. The number of sulfone groups is 1. The number of rotatable bonds is 4. The normalized spacial score (nSPS) is 11.5. The molecular formula is C13H14N2O5S. The molecule has 0 fully saturated rings. The topological polar surface area (TPSA) is 119 Å². The molecule has 1 heterocycles. The minimum atomic E-state index is -3.74. The number of hydrogen-bond acceptors (Lipinski definition) is 6. The van der Waals surface area contributed by atoms with Gasteiger partial charge < -0.3 is 4.42 Å². The van der Waals surface area contributed by atoms with Gasteiger partial charge in [-0.2, -0.15) is 0 Å². The Bertz CT molecular complexity index is 854. The van der Waals surface area contributed by atoms with E-state index in [1.54, 1.807) is 23.6 Å². The Morgan fingerprint density at radius 1 is 1.33 bits per heavy atom. The van der Waals surface area contributed by atoms with Crippen LogP contribution in [0.2, 0.25) is 0 Å². The molecule has 0 spiro atoms. The van der Waals surface area contributed by atoms with Gasteiger partial charge in [0.15, 0.2) is 9.84 Å². The monoisotopic (exact) mass is 310 g/mol. The summed E-state index contributed by atoms with van der Waals surface area (Å²) in [4.78, 5) is 22.6. The van der Waals surface area contributed by atoms with E-state index in [1.807, 2.05) is 6.92 Å². The first-order chi connectivity index (χ1) is 9.80. The third-order valence-corrected chi connectivity index (χ3v) is 4.32. The Labute approximate surface area is 120 Å². The fourth-order valence-electron chi connectivity index (χ4n) is 1.99. The second-order valence-corrected chi connectivity index (χ2v) is 6.75. The molecule has 0 radical (unpaired) electrons. The van der Waals surface area contributed by atoms with E-state index in [1.165, 1.54) is 0 Å². The lowest BCUT2D eigenvalue weighted by atomic mass is 10.1. The molecular weight excluding hydrogens is 296 g/mol. The highest BCUT2D eigenvalue weighted by Gasteiger charge is 2.19. The van der Waals surface area contributed by atoms with Crippen LogP contribution in [0.25, 0.3) is 11.0 Å². The van der Waals surface area contributed by atoms with Crippen LogP contribution in [-0.4, -0.2) is 20.1 Å². The number of benzene rings is 1. The van der Waals surface area contributed by atoms with Crippen LogP contribution in [0, 0.1) is 6.92 Å². The summed E-state index contributed by atoms with van der Waals surface area (Å²) in [6.07, 6.45) is 0. The average molecular weight is 310 g/mol. The van der Waals surface area contributed by atoms with Gasteiger partial charge in [-0.25, -0.2) is 19.1 Å². The van der Waals surface area contributed by atoms with Crippen molar-refractivity contribution in [1.29, 1.82) is 0 Å². The number of amides is 1. The van der Waals surface area contributed by atoms with Crippen molar-refractivity contribution >= 4 is 26.7 Å². The quantitative estimate of drug-likeness (QED) is 0.355. The molecule has 2 aromatic rings. The first-order valence-corrected chi connectivity index (χ1v) is 7.86. The van der Waals surface area contributed by atoms with Gasteiger partial charge in [-0.05, 0) is 24.6 Å². The summed E-state index contributed by atoms with van der Waals surface area (Å²) < 4.78 is 28.9. The van der Waals surface area contributed by atoms with Gasteiger partial charge in [0.2, 0.25) is 5.91 Å². The van der Waals surface area contributed by atoms with Crippen LogP contribution in [0.4, 0.5) is 0 Å². The van der Waals surface area contributed by atoms with Gasteiger partial charge in [0.1, 0.15) is 11.3 Å². The zero-order valence-electron chi connectivity index (χ0n) is 11.3. The molecule has 0 saturated carbocycles. The molecule has 21 heavy (non-hydrogen) atoms. The van der Waals surface area contributed by atoms with Crippen LogP contribution in [0.15, 0.2) is 33.5 Å². The molecule has 0 saturated heterocycles. The number of nitrogens with one attached hydrogen (secondary N) is 1.